The second kappa shape index (κ2) is 12.8. The van der Waals surface area contributed by atoms with E-state index in [9.17, 15) is 18.4 Å². The van der Waals surface area contributed by atoms with Crippen molar-refractivity contribution in [3.8, 4) is 5.75 Å². The number of rotatable bonds is 10. The van der Waals surface area contributed by atoms with Gasteiger partial charge in [0.1, 0.15) is 12.4 Å². The molecule has 222 valence electrons. The Hall–Kier alpha value is -3.15. The zero-order chi connectivity index (χ0) is 29.9. The van der Waals surface area contributed by atoms with Crippen LogP contribution in [-0.4, -0.2) is 53.7 Å². The van der Waals surface area contributed by atoms with Gasteiger partial charge in [-0.1, -0.05) is 50.0 Å². The molecule has 2 aromatic carbocycles. The van der Waals surface area contributed by atoms with Crippen LogP contribution in [0.2, 0.25) is 10.0 Å². The fourth-order valence-corrected chi connectivity index (χ4v) is 4.82. The predicted molar refractivity (Wildman–Crippen MR) is 155 cm³/mol. The maximum absolute atomic E-state index is 13.0. The fourth-order valence-electron chi connectivity index (χ4n) is 4.29. The number of amides is 2. The first-order valence-electron chi connectivity index (χ1n) is 13.2. The number of aromatic nitrogens is 2. The van der Waals surface area contributed by atoms with E-state index in [4.69, 9.17) is 32.7 Å². The standard InChI is InChI=1S/C28H33Cl2F2N5O4/c1-28(2,3)26(39)34-12-15-7-8-18(29)24(23(15)30)36-27-35-19-10-17(25(38)33-13-16-6-5-9-40-16)21(41-14-22(31)32)11-20(19)37(27)4/h7-8,10-11,16,22H,5-6,9,12-14H2,1-4H3,(H,33,38)(H,34,39)(H,35,36). The summed E-state index contributed by atoms with van der Waals surface area (Å²) < 4.78 is 38.5. The average Bonchev–Trinajstić information content (AvgIpc) is 3.54. The van der Waals surface area contributed by atoms with Crippen LogP contribution < -0.4 is 20.7 Å². The third kappa shape index (κ3) is 7.38. The van der Waals surface area contributed by atoms with Crippen LogP contribution in [0.25, 0.3) is 11.0 Å². The highest BCUT2D eigenvalue weighted by molar-refractivity contribution is 6.39. The molecule has 0 bridgehead atoms. The Bertz CT molecular complexity index is 1440. The minimum atomic E-state index is -2.72. The summed E-state index contributed by atoms with van der Waals surface area (Å²) in [5.74, 6) is -0.280. The van der Waals surface area contributed by atoms with Gasteiger partial charge in [0.2, 0.25) is 11.9 Å². The van der Waals surface area contributed by atoms with Crippen LogP contribution in [0.5, 0.6) is 5.75 Å². The van der Waals surface area contributed by atoms with Gasteiger partial charge in [0.25, 0.3) is 12.3 Å². The van der Waals surface area contributed by atoms with E-state index in [1.54, 1.807) is 23.7 Å². The minimum Gasteiger partial charge on any atom is -0.487 e. The lowest BCUT2D eigenvalue weighted by atomic mass is 9.95. The summed E-state index contributed by atoms with van der Waals surface area (Å²) in [6.07, 6.45) is -1.06. The monoisotopic (exact) mass is 611 g/mol. The third-order valence-corrected chi connectivity index (χ3v) is 7.38. The van der Waals surface area contributed by atoms with Crippen molar-refractivity contribution in [1.29, 1.82) is 0 Å². The Kier molecular flexibility index (Phi) is 9.61. The molecule has 9 nitrogen and oxygen atoms in total. The molecule has 2 amide bonds. The van der Waals surface area contributed by atoms with Gasteiger partial charge in [-0.25, -0.2) is 13.8 Å². The number of aryl methyl sites for hydroxylation is 1. The lowest BCUT2D eigenvalue weighted by Gasteiger charge is -2.19. The van der Waals surface area contributed by atoms with Crippen molar-refractivity contribution in [1.82, 2.24) is 20.2 Å². The number of fused-ring (bicyclic) bond motifs is 1. The normalized spacial score (nSPS) is 15.4. The van der Waals surface area contributed by atoms with E-state index in [-0.39, 0.29) is 29.9 Å². The van der Waals surface area contributed by atoms with Crippen LogP contribution >= 0.6 is 23.2 Å². The van der Waals surface area contributed by atoms with Crippen molar-refractivity contribution in [2.24, 2.45) is 12.5 Å². The number of hydrogen-bond donors (Lipinski definition) is 3. The summed E-state index contributed by atoms with van der Waals surface area (Å²) >= 11 is 13.1. The highest BCUT2D eigenvalue weighted by Crippen LogP contribution is 2.37. The molecule has 1 aromatic heterocycles. The van der Waals surface area contributed by atoms with Crippen molar-refractivity contribution in [2.75, 3.05) is 25.1 Å². The maximum Gasteiger partial charge on any atom is 0.272 e. The molecule has 3 aromatic rings. The lowest BCUT2D eigenvalue weighted by Crippen LogP contribution is -2.34. The van der Waals surface area contributed by atoms with E-state index < -0.39 is 24.4 Å². The number of nitrogens with one attached hydrogen (secondary N) is 3. The number of ether oxygens (including phenoxy) is 2. The van der Waals surface area contributed by atoms with Gasteiger partial charge in [0.15, 0.2) is 0 Å². The van der Waals surface area contributed by atoms with Crippen LogP contribution in [0.15, 0.2) is 24.3 Å². The van der Waals surface area contributed by atoms with Crippen LogP contribution in [0.4, 0.5) is 20.4 Å². The first kappa shape index (κ1) is 30.8. The van der Waals surface area contributed by atoms with Crippen LogP contribution in [0.1, 0.15) is 49.5 Å². The summed E-state index contributed by atoms with van der Waals surface area (Å²) in [5, 5.41) is 9.42. The summed E-state index contributed by atoms with van der Waals surface area (Å²) in [6, 6.07) is 6.37. The smallest absolute Gasteiger partial charge is 0.272 e. The highest BCUT2D eigenvalue weighted by Gasteiger charge is 2.24. The number of halogens is 4. The topological polar surface area (TPSA) is 107 Å². The quantitative estimate of drug-likeness (QED) is 0.266. The lowest BCUT2D eigenvalue weighted by molar-refractivity contribution is -0.128. The Morgan fingerprint density at radius 2 is 1.98 bits per heavy atom. The van der Waals surface area contributed by atoms with Gasteiger partial charge in [-0.15, -0.1) is 0 Å². The van der Waals surface area contributed by atoms with E-state index in [1.165, 1.54) is 12.1 Å². The molecule has 1 aliphatic heterocycles. The van der Waals surface area contributed by atoms with Crippen molar-refractivity contribution in [3.05, 3.63) is 45.4 Å². The number of benzene rings is 2. The number of alkyl halides is 2. The largest absolute Gasteiger partial charge is 0.487 e. The number of anilines is 2. The molecular weight excluding hydrogens is 579 g/mol. The van der Waals surface area contributed by atoms with Crippen molar-refractivity contribution < 1.29 is 27.8 Å². The van der Waals surface area contributed by atoms with Gasteiger partial charge in [-0.3, -0.25) is 9.59 Å². The Balaban J connectivity index is 1.63. The molecule has 1 saturated heterocycles. The number of carbonyl (C=O) groups is 2. The molecule has 0 saturated carbocycles. The number of nitrogens with zero attached hydrogens (tertiary/aromatic N) is 2. The van der Waals surface area contributed by atoms with Crippen LogP contribution in [0, 0.1) is 5.41 Å². The molecule has 41 heavy (non-hydrogen) atoms. The summed E-state index contributed by atoms with van der Waals surface area (Å²) in [6.45, 7) is 5.70. The molecule has 2 heterocycles. The maximum atomic E-state index is 13.0. The Morgan fingerprint density at radius 3 is 2.63 bits per heavy atom. The van der Waals surface area contributed by atoms with E-state index >= 15 is 0 Å². The van der Waals surface area contributed by atoms with Crippen molar-refractivity contribution in [2.45, 2.75) is 52.7 Å². The average molecular weight is 613 g/mol. The molecule has 4 rings (SSSR count). The Morgan fingerprint density at radius 1 is 1.22 bits per heavy atom. The first-order valence-corrected chi connectivity index (χ1v) is 13.9. The second-order valence-electron chi connectivity index (χ2n) is 10.8. The molecule has 0 aliphatic carbocycles. The predicted octanol–water partition coefficient (Wildman–Crippen LogP) is 5.84. The second-order valence-corrected chi connectivity index (χ2v) is 11.6. The van der Waals surface area contributed by atoms with Gasteiger partial charge < -0.3 is 30.0 Å². The van der Waals surface area contributed by atoms with Gasteiger partial charge in [0, 0.05) is 38.2 Å². The molecule has 1 atom stereocenters. The summed E-state index contributed by atoms with van der Waals surface area (Å²) in [7, 11) is 1.71. The molecule has 3 N–H and O–H groups in total. The van der Waals surface area contributed by atoms with E-state index in [0.717, 1.165) is 12.8 Å². The minimum absolute atomic E-state index is 0.00448. The molecule has 1 fully saturated rings. The van der Waals surface area contributed by atoms with Gasteiger partial charge in [0.05, 0.1) is 38.4 Å². The summed E-state index contributed by atoms with van der Waals surface area (Å²) in [4.78, 5) is 30.0. The fraction of sp³-hybridized carbons (Fsp3) is 0.464. The van der Waals surface area contributed by atoms with Crippen LogP contribution in [-0.2, 0) is 23.1 Å². The van der Waals surface area contributed by atoms with E-state index in [0.29, 0.717) is 51.4 Å². The molecule has 13 heteroatoms. The van der Waals surface area contributed by atoms with E-state index in [2.05, 4.69) is 20.9 Å². The molecule has 0 radical (unpaired) electrons. The van der Waals surface area contributed by atoms with Gasteiger partial charge in [-0.05, 0) is 30.5 Å². The molecule has 1 unspecified atom stereocenters. The zero-order valence-electron chi connectivity index (χ0n) is 23.2. The highest BCUT2D eigenvalue weighted by atomic mass is 35.5. The van der Waals surface area contributed by atoms with E-state index in [1.807, 2.05) is 20.8 Å². The van der Waals surface area contributed by atoms with Gasteiger partial charge >= 0.3 is 0 Å². The first-order chi connectivity index (χ1) is 19.3. The Labute approximate surface area is 246 Å². The SMILES string of the molecule is Cn1c(Nc2c(Cl)ccc(CNC(=O)C(C)(C)C)c2Cl)nc2cc(C(=O)NCC3CCCO3)c(OCC(F)F)cc21. The molecule has 0 spiro atoms. The number of imidazole rings is 1. The van der Waals surface area contributed by atoms with Crippen molar-refractivity contribution in [3.63, 3.8) is 0 Å². The number of hydrogen-bond acceptors (Lipinski definition) is 6. The third-order valence-electron chi connectivity index (χ3n) is 6.63. The van der Waals surface area contributed by atoms with Crippen molar-refractivity contribution >= 4 is 57.7 Å². The summed E-state index contributed by atoms with van der Waals surface area (Å²) in [5.41, 5.74) is 1.47. The zero-order valence-corrected chi connectivity index (χ0v) is 24.8. The van der Waals surface area contributed by atoms with Crippen LogP contribution in [0.3, 0.4) is 0 Å². The molecule has 1 aliphatic rings. The number of carbonyl (C=O) groups excluding carboxylic acids is 2. The van der Waals surface area contributed by atoms with Gasteiger partial charge in [-0.2, -0.15) is 0 Å². The molecular formula is C28H33Cl2F2N5O4.